The molecule has 0 radical (unpaired) electrons. The number of benzene rings is 1. The van der Waals surface area contributed by atoms with Gasteiger partial charge in [-0.1, -0.05) is 12.1 Å². The number of methoxy groups -OCH3 is 1. The van der Waals surface area contributed by atoms with Gasteiger partial charge in [0.2, 0.25) is 0 Å². The molecule has 3 nitrogen and oxygen atoms in total. The van der Waals surface area contributed by atoms with Gasteiger partial charge in [-0.3, -0.25) is 4.79 Å². The average molecular weight is 304 g/mol. The number of hydrogen-bond donors (Lipinski definition) is 1. The van der Waals surface area contributed by atoms with E-state index >= 15 is 0 Å². The summed E-state index contributed by atoms with van der Waals surface area (Å²) in [6.45, 7) is 3.34. The van der Waals surface area contributed by atoms with Crippen molar-refractivity contribution in [2.75, 3.05) is 7.11 Å². The molecule has 0 aromatic heterocycles. The maximum absolute atomic E-state index is 13.4. The Morgan fingerprint density at radius 1 is 1.53 bits per heavy atom. The third kappa shape index (κ3) is 2.66. The second kappa shape index (κ2) is 5.14. The maximum Gasteiger partial charge on any atom is 0.313 e. The van der Waals surface area contributed by atoms with Crippen LogP contribution in [-0.2, 0) is 9.53 Å². The number of hydrogen-bond acceptors (Lipinski definition) is 3. The Kier molecular flexibility index (Phi) is 4.27. The molecule has 5 heteroatoms. The van der Waals surface area contributed by atoms with Crippen molar-refractivity contribution in [3.05, 3.63) is 34.1 Å². The average Bonchev–Trinajstić information content (AvgIpc) is 2.30. The maximum atomic E-state index is 13.4. The second-order valence-electron chi connectivity index (χ2n) is 4.33. The molecule has 0 heterocycles. The van der Waals surface area contributed by atoms with Crippen LogP contribution in [0.25, 0.3) is 0 Å². The van der Waals surface area contributed by atoms with Crippen LogP contribution in [0.15, 0.2) is 22.7 Å². The lowest BCUT2D eigenvalue weighted by atomic mass is 9.81. The van der Waals surface area contributed by atoms with E-state index in [0.717, 1.165) is 0 Å². The first-order valence-corrected chi connectivity index (χ1v) is 5.89. The summed E-state index contributed by atoms with van der Waals surface area (Å²) < 4.78 is 18.4. The fourth-order valence-electron chi connectivity index (χ4n) is 1.54. The highest BCUT2D eigenvalue weighted by molar-refractivity contribution is 9.10. The molecule has 0 unspecified atom stereocenters. The van der Waals surface area contributed by atoms with E-state index in [2.05, 4.69) is 15.9 Å². The number of esters is 1. The van der Waals surface area contributed by atoms with Gasteiger partial charge in [0.15, 0.2) is 0 Å². The highest BCUT2D eigenvalue weighted by atomic mass is 79.9. The van der Waals surface area contributed by atoms with Crippen molar-refractivity contribution in [2.24, 2.45) is 11.1 Å². The molecule has 0 aliphatic carbocycles. The normalized spacial score (nSPS) is 13.3. The monoisotopic (exact) mass is 303 g/mol. The Bertz CT molecular complexity index is 435. The first kappa shape index (κ1) is 14.1. The topological polar surface area (TPSA) is 52.3 Å². The summed E-state index contributed by atoms with van der Waals surface area (Å²) in [5.41, 5.74) is 5.64. The third-order valence-corrected chi connectivity index (χ3v) is 3.64. The fraction of sp³-hybridized carbons (Fsp3) is 0.417. The van der Waals surface area contributed by atoms with Gasteiger partial charge in [-0.25, -0.2) is 4.39 Å². The minimum atomic E-state index is -0.926. The molecular weight excluding hydrogens is 289 g/mol. The van der Waals surface area contributed by atoms with Crippen LogP contribution in [0.5, 0.6) is 0 Å². The van der Waals surface area contributed by atoms with Crippen LogP contribution >= 0.6 is 15.9 Å². The second-order valence-corrected chi connectivity index (χ2v) is 5.13. The quantitative estimate of drug-likeness (QED) is 0.874. The van der Waals surface area contributed by atoms with Crippen LogP contribution in [0.2, 0.25) is 0 Å². The molecule has 0 saturated carbocycles. The largest absolute Gasteiger partial charge is 0.469 e. The van der Waals surface area contributed by atoms with Crippen LogP contribution < -0.4 is 5.73 Å². The van der Waals surface area contributed by atoms with Gasteiger partial charge < -0.3 is 10.5 Å². The fourth-order valence-corrected chi connectivity index (χ4v) is 2.05. The first-order chi connectivity index (χ1) is 7.82. The van der Waals surface area contributed by atoms with E-state index in [1.807, 2.05) is 0 Å². The number of carbonyl (C=O) groups is 1. The Hall–Kier alpha value is -0.940. The van der Waals surface area contributed by atoms with Gasteiger partial charge in [0.05, 0.1) is 17.0 Å². The van der Waals surface area contributed by atoms with Crippen LogP contribution in [-0.4, -0.2) is 13.1 Å². The van der Waals surface area contributed by atoms with E-state index in [-0.39, 0.29) is 4.47 Å². The molecule has 94 valence electrons. The molecule has 1 rings (SSSR count). The lowest BCUT2D eigenvalue weighted by Crippen LogP contribution is -2.37. The molecule has 1 atom stereocenters. The minimum absolute atomic E-state index is 0.282. The van der Waals surface area contributed by atoms with Gasteiger partial charge in [0, 0.05) is 6.04 Å². The van der Waals surface area contributed by atoms with E-state index in [0.29, 0.717) is 5.56 Å². The summed E-state index contributed by atoms with van der Waals surface area (Å²) in [7, 11) is 1.30. The standard InChI is InChI=1S/C12H15BrFNO2/c1-12(2,11(16)17-3)10(15)7-5-4-6-8(14)9(7)13/h4-6,10H,15H2,1-3H3/t10-/m1/s1. The summed E-state index contributed by atoms with van der Waals surface area (Å²) in [6.07, 6.45) is 0. The molecule has 0 saturated heterocycles. The Morgan fingerprint density at radius 3 is 2.65 bits per heavy atom. The molecule has 1 aromatic carbocycles. The molecular formula is C12H15BrFNO2. The molecule has 0 fully saturated rings. The Morgan fingerprint density at radius 2 is 2.12 bits per heavy atom. The van der Waals surface area contributed by atoms with Crippen molar-refractivity contribution in [3.8, 4) is 0 Å². The molecule has 0 spiro atoms. The number of rotatable bonds is 3. The highest BCUT2D eigenvalue weighted by Gasteiger charge is 2.37. The molecule has 1 aromatic rings. The summed E-state index contributed by atoms with van der Waals surface area (Å²) in [4.78, 5) is 11.6. The first-order valence-electron chi connectivity index (χ1n) is 5.10. The molecule has 2 N–H and O–H groups in total. The molecule has 0 bridgehead atoms. The predicted molar refractivity (Wildman–Crippen MR) is 66.8 cm³/mol. The highest BCUT2D eigenvalue weighted by Crippen LogP contribution is 2.36. The van der Waals surface area contributed by atoms with Crippen molar-refractivity contribution in [1.82, 2.24) is 0 Å². The lowest BCUT2D eigenvalue weighted by molar-refractivity contribution is -0.152. The predicted octanol–water partition coefficient (Wildman–Crippen LogP) is 2.79. The summed E-state index contributed by atoms with van der Waals surface area (Å²) in [5, 5.41) is 0. The number of ether oxygens (including phenoxy) is 1. The third-order valence-electron chi connectivity index (χ3n) is 2.81. The van der Waals surface area contributed by atoms with E-state index in [4.69, 9.17) is 10.5 Å². The van der Waals surface area contributed by atoms with Gasteiger partial charge in [-0.15, -0.1) is 0 Å². The number of carbonyl (C=O) groups excluding carboxylic acids is 1. The smallest absolute Gasteiger partial charge is 0.313 e. The van der Waals surface area contributed by atoms with Crippen LogP contribution in [0.3, 0.4) is 0 Å². The van der Waals surface area contributed by atoms with Crippen LogP contribution in [0.4, 0.5) is 4.39 Å². The lowest BCUT2D eigenvalue weighted by Gasteiger charge is -2.29. The van der Waals surface area contributed by atoms with Gasteiger partial charge in [-0.2, -0.15) is 0 Å². The van der Waals surface area contributed by atoms with Crippen LogP contribution in [0.1, 0.15) is 25.5 Å². The SMILES string of the molecule is COC(=O)C(C)(C)[C@H](N)c1cccc(F)c1Br. The van der Waals surface area contributed by atoms with Gasteiger partial charge in [0.1, 0.15) is 5.82 Å². The van der Waals surface area contributed by atoms with E-state index in [1.165, 1.54) is 13.2 Å². The van der Waals surface area contributed by atoms with Crippen molar-refractivity contribution in [2.45, 2.75) is 19.9 Å². The summed E-state index contributed by atoms with van der Waals surface area (Å²) >= 11 is 3.14. The molecule has 0 aliphatic heterocycles. The van der Waals surface area contributed by atoms with Gasteiger partial charge in [0.25, 0.3) is 0 Å². The molecule has 0 amide bonds. The van der Waals surface area contributed by atoms with Crippen molar-refractivity contribution < 1.29 is 13.9 Å². The van der Waals surface area contributed by atoms with Gasteiger partial charge >= 0.3 is 5.97 Å². The minimum Gasteiger partial charge on any atom is -0.469 e. The molecule has 0 aliphatic rings. The summed E-state index contributed by atoms with van der Waals surface area (Å²) in [5.74, 6) is -0.834. The van der Waals surface area contributed by atoms with Crippen LogP contribution in [0, 0.1) is 11.2 Å². The Balaban J connectivity index is 3.16. The van der Waals surface area contributed by atoms with E-state index in [9.17, 15) is 9.18 Å². The molecule has 17 heavy (non-hydrogen) atoms. The van der Waals surface area contributed by atoms with E-state index in [1.54, 1.807) is 26.0 Å². The van der Waals surface area contributed by atoms with Crippen molar-refractivity contribution in [1.29, 1.82) is 0 Å². The number of halogens is 2. The zero-order valence-corrected chi connectivity index (χ0v) is 11.5. The number of nitrogens with two attached hydrogens (primary N) is 1. The zero-order chi connectivity index (χ0) is 13.2. The summed E-state index contributed by atoms with van der Waals surface area (Å²) in [6, 6.07) is 3.91. The van der Waals surface area contributed by atoms with Crippen molar-refractivity contribution in [3.63, 3.8) is 0 Å². The van der Waals surface area contributed by atoms with E-state index < -0.39 is 23.2 Å². The zero-order valence-electron chi connectivity index (χ0n) is 9.96. The van der Waals surface area contributed by atoms with Crippen molar-refractivity contribution >= 4 is 21.9 Å². The van der Waals surface area contributed by atoms with Gasteiger partial charge in [-0.05, 0) is 41.4 Å². The Labute approximate surface area is 108 Å².